The molecule has 0 saturated carbocycles. The molecule has 0 fully saturated rings. The van der Waals surface area contributed by atoms with E-state index in [2.05, 4.69) is 16.9 Å². The number of nitrogens with zero attached hydrogens (tertiary/aromatic N) is 4. The highest BCUT2D eigenvalue weighted by Crippen LogP contribution is 2.21. The van der Waals surface area contributed by atoms with Gasteiger partial charge in [-0.15, -0.1) is 0 Å². The van der Waals surface area contributed by atoms with E-state index in [9.17, 15) is 4.79 Å². The maximum atomic E-state index is 12.5. The second kappa shape index (κ2) is 8.27. The van der Waals surface area contributed by atoms with Gasteiger partial charge in [-0.1, -0.05) is 31.5 Å². The normalized spacial score (nSPS) is 10.4. The number of carbonyl (C=O) groups excluding carboxylic acids is 1. The Hall–Kier alpha value is -2.43. The van der Waals surface area contributed by atoms with Gasteiger partial charge in [0.15, 0.2) is 0 Å². The molecular weight excluding hydrogens is 288 g/mol. The van der Waals surface area contributed by atoms with Crippen LogP contribution >= 0.6 is 0 Å². The third kappa shape index (κ3) is 4.28. The quantitative estimate of drug-likeness (QED) is 0.785. The zero-order chi connectivity index (χ0) is 16.7. The number of hydrogen-bond acceptors (Lipinski definition) is 4. The van der Waals surface area contributed by atoms with E-state index in [0.717, 1.165) is 31.6 Å². The Bertz CT molecular complexity index is 630. The Balaban J connectivity index is 2.23. The van der Waals surface area contributed by atoms with E-state index in [1.165, 1.54) is 0 Å². The first-order valence-corrected chi connectivity index (χ1v) is 8.08. The Morgan fingerprint density at radius 1 is 1.13 bits per heavy atom. The van der Waals surface area contributed by atoms with Crippen molar-refractivity contribution < 1.29 is 4.79 Å². The minimum Gasteiger partial charge on any atom is -0.340 e. The zero-order valence-corrected chi connectivity index (χ0v) is 14.1. The van der Waals surface area contributed by atoms with Crippen LogP contribution < -0.4 is 4.90 Å². The number of rotatable bonds is 7. The van der Waals surface area contributed by atoms with Crippen LogP contribution in [0.5, 0.6) is 0 Å². The summed E-state index contributed by atoms with van der Waals surface area (Å²) in [6.45, 7) is 5.62. The lowest BCUT2D eigenvalue weighted by Crippen LogP contribution is -2.29. The SMILES string of the molecule is CCCCN(C)C(=O)c1ccnc(N(CC)c2ccccc2)n1. The highest BCUT2D eigenvalue weighted by molar-refractivity contribution is 5.92. The summed E-state index contributed by atoms with van der Waals surface area (Å²) in [5, 5.41) is 0. The van der Waals surface area contributed by atoms with Crippen molar-refractivity contribution in [2.75, 3.05) is 25.0 Å². The van der Waals surface area contributed by atoms with Crippen LogP contribution in [0.3, 0.4) is 0 Å². The first kappa shape index (κ1) is 16.9. The second-order valence-corrected chi connectivity index (χ2v) is 5.40. The van der Waals surface area contributed by atoms with Gasteiger partial charge in [-0.05, 0) is 31.5 Å². The van der Waals surface area contributed by atoms with Crippen LogP contribution in [0.15, 0.2) is 42.6 Å². The summed E-state index contributed by atoms with van der Waals surface area (Å²) < 4.78 is 0. The molecule has 0 spiro atoms. The summed E-state index contributed by atoms with van der Waals surface area (Å²) in [6.07, 6.45) is 3.70. The van der Waals surface area contributed by atoms with E-state index in [1.807, 2.05) is 49.2 Å². The fraction of sp³-hybridized carbons (Fsp3) is 0.389. The number of amides is 1. The van der Waals surface area contributed by atoms with Crippen molar-refractivity contribution in [3.8, 4) is 0 Å². The lowest BCUT2D eigenvalue weighted by Gasteiger charge is -2.22. The number of hydrogen-bond donors (Lipinski definition) is 0. The predicted octanol–water partition coefficient (Wildman–Crippen LogP) is 3.51. The molecule has 0 aliphatic heterocycles. The molecule has 1 amide bonds. The third-order valence-corrected chi connectivity index (χ3v) is 3.68. The number of aromatic nitrogens is 2. The van der Waals surface area contributed by atoms with E-state index in [-0.39, 0.29) is 5.91 Å². The van der Waals surface area contributed by atoms with Crippen LogP contribution in [0.2, 0.25) is 0 Å². The molecule has 1 heterocycles. The van der Waals surface area contributed by atoms with Gasteiger partial charge in [0.2, 0.25) is 5.95 Å². The summed E-state index contributed by atoms with van der Waals surface area (Å²) in [5.41, 5.74) is 1.45. The number of carbonyl (C=O) groups is 1. The average Bonchev–Trinajstić information content (AvgIpc) is 2.61. The van der Waals surface area contributed by atoms with Crippen molar-refractivity contribution in [2.24, 2.45) is 0 Å². The number of benzene rings is 1. The average molecular weight is 312 g/mol. The Labute approximate surface area is 138 Å². The number of anilines is 2. The van der Waals surface area contributed by atoms with Gasteiger partial charge in [0.25, 0.3) is 5.91 Å². The predicted molar refractivity (Wildman–Crippen MR) is 93.0 cm³/mol. The van der Waals surface area contributed by atoms with Gasteiger partial charge in [-0.25, -0.2) is 9.97 Å². The molecule has 2 aromatic rings. The van der Waals surface area contributed by atoms with Gasteiger partial charge in [-0.2, -0.15) is 0 Å². The van der Waals surface area contributed by atoms with Crippen molar-refractivity contribution in [3.05, 3.63) is 48.3 Å². The molecule has 0 atom stereocenters. The van der Waals surface area contributed by atoms with Crippen molar-refractivity contribution in [1.29, 1.82) is 0 Å². The smallest absolute Gasteiger partial charge is 0.272 e. The van der Waals surface area contributed by atoms with E-state index in [1.54, 1.807) is 17.2 Å². The Kier molecular flexibility index (Phi) is 6.09. The molecule has 0 radical (unpaired) electrons. The molecule has 0 saturated heterocycles. The third-order valence-electron chi connectivity index (χ3n) is 3.68. The fourth-order valence-electron chi connectivity index (χ4n) is 2.34. The largest absolute Gasteiger partial charge is 0.340 e. The standard InChI is InChI=1S/C18H24N4O/c1-4-6-14-21(3)17(23)16-12-13-19-18(20-16)22(5-2)15-10-8-7-9-11-15/h7-13H,4-6,14H2,1-3H3. The molecule has 1 aromatic heterocycles. The molecular formula is C18H24N4O. The maximum Gasteiger partial charge on any atom is 0.272 e. The van der Waals surface area contributed by atoms with E-state index in [0.29, 0.717) is 11.6 Å². The molecule has 0 unspecified atom stereocenters. The molecule has 0 bridgehead atoms. The summed E-state index contributed by atoms with van der Waals surface area (Å²) in [5.74, 6) is 0.486. The molecule has 122 valence electrons. The van der Waals surface area contributed by atoms with Crippen LogP contribution in [0.25, 0.3) is 0 Å². The Morgan fingerprint density at radius 3 is 2.52 bits per heavy atom. The van der Waals surface area contributed by atoms with Crippen LogP contribution in [-0.2, 0) is 0 Å². The molecule has 0 aliphatic carbocycles. The van der Waals surface area contributed by atoms with Gasteiger partial charge >= 0.3 is 0 Å². The van der Waals surface area contributed by atoms with E-state index >= 15 is 0 Å². The van der Waals surface area contributed by atoms with E-state index < -0.39 is 0 Å². The first-order valence-electron chi connectivity index (χ1n) is 8.08. The summed E-state index contributed by atoms with van der Waals surface area (Å²) in [4.78, 5) is 25.0. The zero-order valence-electron chi connectivity index (χ0n) is 14.1. The first-order chi connectivity index (χ1) is 11.2. The monoisotopic (exact) mass is 312 g/mol. The second-order valence-electron chi connectivity index (χ2n) is 5.40. The molecule has 2 rings (SSSR count). The fourth-order valence-corrected chi connectivity index (χ4v) is 2.34. The van der Waals surface area contributed by atoms with Gasteiger partial charge in [0, 0.05) is 32.0 Å². The maximum absolute atomic E-state index is 12.5. The minimum absolute atomic E-state index is 0.0637. The Morgan fingerprint density at radius 2 is 1.87 bits per heavy atom. The molecule has 5 nitrogen and oxygen atoms in total. The molecule has 1 aromatic carbocycles. The van der Waals surface area contributed by atoms with Crippen LogP contribution in [-0.4, -0.2) is 40.9 Å². The van der Waals surface area contributed by atoms with Crippen LogP contribution in [0, 0.1) is 0 Å². The topological polar surface area (TPSA) is 49.3 Å². The lowest BCUT2D eigenvalue weighted by atomic mass is 10.3. The van der Waals surface area contributed by atoms with Crippen LogP contribution in [0.4, 0.5) is 11.6 Å². The minimum atomic E-state index is -0.0637. The van der Waals surface area contributed by atoms with E-state index in [4.69, 9.17) is 0 Å². The molecule has 0 aliphatic rings. The van der Waals surface area contributed by atoms with Gasteiger partial charge in [-0.3, -0.25) is 4.79 Å². The molecule has 23 heavy (non-hydrogen) atoms. The van der Waals surface area contributed by atoms with Gasteiger partial charge in [0.05, 0.1) is 0 Å². The number of para-hydroxylation sites is 1. The molecule has 0 N–H and O–H groups in total. The highest BCUT2D eigenvalue weighted by atomic mass is 16.2. The van der Waals surface area contributed by atoms with Gasteiger partial charge in [0.1, 0.15) is 5.69 Å². The highest BCUT2D eigenvalue weighted by Gasteiger charge is 2.16. The summed E-state index contributed by atoms with van der Waals surface area (Å²) in [7, 11) is 1.81. The van der Waals surface area contributed by atoms with Crippen molar-refractivity contribution >= 4 is 17.5 Å². The van der Waals surface area contributed by atoms with Crippen molar-refractivity contribution in [1.82, 2.24) is 14.9 Å². The van der Waals surface area contributed by atoms with Crippen LogP contribution in [0.1, 0.15) is 37.2 Å². The van der Waals surface area contributed by atoms with Crippen molar-refractivity contribution in [3.63, 3.8) is 0 Å². The molecule has 5 heteroatoms. The lowest BCUT2D eigenvalue weighted by molar-refractivity contribution is 0.0787. The number of unbranched alkanes of at least 4 members (excludes halogenated alkanes) is 1. The van der Waals surface area contributed by atoms with Gasteiger partial charge < -0.3 is 9.80 Å². The summed E-state index contributed by atoms with van der Waals surface area (Å²) >= 11 is 0. The van der Waals surface area contributed by atoms with Crippen molar-refractivity contribution in [2.45, 2.75) is 26.7 Å². The summed E-state index contributed by atoms with van der Waals surface area (Å²) in [6, 6.07) is 11.6.